The Morgan fingerprint density at radius 2 is 1.64 bits per heavy atom. The van der Waals surface area contributed by atoms with Crippen molar-refractivity contribution in [2.24, 2.45) is 0 Å². The van der Waals surface area contributed by atoms with E-state index in [1.807, 2.05) is 30.3 Å². The van der Waals surface area contributed by atoms with Crippen molar-refractivity contribution in [1.82, 2.24) is 4.98 Å². The quantitative estimate of drug-likeness (QED) is 0.702. The van der Waals surface area contributed by atoms with Crippen LogP contribution in [0.2, 0.25) is 0 Å². The number of benzene rings is 2. The minimum Gasteiger partial charge on any atom is -0.487 e. The first kappa shape index (κ1) is 14.2. The number of halogens is 2. The van der Waals surface area contributed by atoms with Gasteiger partial charge in [0.05, 0.1) is 6.20 Å². The van der Waals surface area contributed by atoms with E-state index in [0.717, 1.165) is 5.56 Å². The molecule has 0 radical (unpaired) electrons. The molecule has 0 fully saturated rings. The third kappa shape index (κ3) is 3.28. The van der Waals surface area contributed by atoms with Crippen LogP contribution in [-0.4, -0.2) is 4.98 Å². The van der Waals surface area contributed by atoms with Crippen LogP contribution in [0.1, 0.15) is 5.56 Å². The Morgan fingerprint density at radius 3 is 2.32 bits per heavy atom. The Hall–Kier alpha value is -2.75. The molecular formula is C18H13F2NO. The predicted molar refractivity (Wildman–Crippen MR) is 80.4 cm³/mol. The molecule has 0 spiro atoms. The molecule has 3 rings (SSSR count). The van der Waals surface area contributed by atoms with Gasteiger partial charge in [-0.25, -0.2) is 13.8 Å². The zero-order valence-corrected chi connectivity index (χ0v) is 11.7. The lowest BCUT2D eigenvalue weighted by atomic mass is 10.1. The molecule has 1 aromatic heterocycles. The average molecular weight is 297 g/mol. The Morgan fingerprint density at radius 1 is 0.909 bits per heavy atom. The van der Waals surface area contributed by atoms with E-state index >= 15 is 0 Å². The summed E-state index contributed by atoms with van der Waals surface area (Å²) in [7, 11) is 0. The monoisotopic (exact) mass is 297 g/mol. The van der Waals surface area contributed by atoms with Gasteiger partial charge in [-0.3, -0.25) is 0 Å². The fourth-order valence-corrected chi connectivity index (χ4v) is 2.06. The van der Waals surface area contributed by atoms with Gasteiger partial charge in [0.15, 0.2) is 5.82 Å². The van der Waals surface area contributed by atoms with E-state index < -0.39 is 5.82 Å². The molecule has 110 valence electrons. The first-order valence-corrected chi connectivity index (χ1v) is 6.80. The molecule has 0 aliphatic rings. The molecule has 0 saturated carbocycles. The Balaban J connectivity index is 1.76. The second-order valence-electron chi connectivity index (χ2n) is 4.78. The fourth-order valence-electron chi connectivity index (χ4n) is 2.06. The summed E-state index contributed by atoms with van der Waals surface area (Å²) < 4.78 is 32.5. The summed E-state index contributed by atoms with van der Waals surface area (Å²) in [5.74, 6) is -0.517. The van der Waals surface area contributed by atoms with Crippen molar-refractivity contribution in [3.63, 3.8) is 0 Å². The molecule has 0 aliphatic heterocycles. The van der Waals surface area contributed by atoms with Crippen molar-refractivity contribution in [1.29, 1.82) is 0 Å². The first-order chi connectivity index (χ1) is 10.7. The summed E-state index contributed by atoms with van der Waals surface area (Å²) in [5, 5.41) is 0. The largest absolute Gasteiger partial charge is 0.487 e. The fraction of sp³-hybridized carbons (Fsp3) is 0.0556. The van der Waals surface area contributed by atoms with E-state index in [9.17, 15) is 8.78 Å². The van der Waals surface area contributed by atoms with Crippen LogP contribution in [0.15, 0.2) is 66.9 Å². The molecule has 0 bridgehead atoms. The zero-order valence-electron chi connectivity index (χ0n) is 11.7. The highest BCUT2D eigenvalue weighted by Gasteiger charge is 2.09. The van der Waals surface area contributed by atoms with E-state index in [0.29, 0.717) is 17.9 Å². The molecule has 0 atom stereocenters. The lowest BCUT2D eigenvalue weighted by molar-refractivity contribution is 0.303. The number of aromatic nitrogens is 1. The summed E-state index contributed by atoms with van der Waals surface area (Å²) in [6, 6.07) is 16.4. The molecule has 0 saturated heterocycles. The Labute approximate surface area is 127 Å². The normalized spacial score (nSPS) is 10.5. The maximum atomic E-state index is 14.1. The summed E-state index contributed by atoms with van der Waals surface area (Å²) in [6.07, 6.45) is 1.46. The molecule has 0 N–H and O–H groups in total. The molecule has 0 unspecified atom stereocenters. The lowest BCUT2D eigenvalue weighted by Gasteiger charge is -2.08. The van der Waals surface area contributed by atoms with Crippen LogP contribution in [0.5, 0.6) is 5.75 Å². The summed E-state index contributed by atoms with van der Waals surface area (Å²) in [4.78, 5) is 4.07. The van der Waals surface area contributed by atoms with Crippen molar-refractivity contribution in [2.45, 2.75) is 6.61 Å². The van der Waals surface area contributed by atoms with Gasteiger partial charge < -0.3 is 4.74 Å². The van der Waals surface area contributed by atoms with E-state index in [2.05, 4.69) is 4.98 Å². The molecule has 22 heavy (non-hydrogen) atoms. The van der Waals surface area contributed by atoms with E-state index in [4.69, 9.17) is 4.74 Å². The molecule has 3 aromatic rings. The number of ether oxygens (including phenoxy) is 1. The van der Waals surface area contributed by atoms with Crippen LogP contribution in [0, 0.1) is 11.6 Å². The van der Waals surface area contributed by atoms with Crippen LogP contribution in [0.25, 0.3) is 11.3 Å². The summed E-state index contributed by atoms with van der Waals surface area (Å²) >= 11 is 0. The molecule has 2 nitrogen and oxygen atoms in total. The molecule has 4 heteroatoms. The minimum absolute atomic E-state index is 0.173. The molecule has 2 aromatic carbocycles. The van der Waals surface area contributed by atoms with Crippen LogP contribution in [-0.2, 0) is 6.61 Å². The summed E-state index contributed by atoms with van der Waals surface area (Å²) in [5.41, 5.74) is 1.69. The van der Waals surface area contributed by atoms with E-state index in [1.54, 1.807) is 0 Å². The molecule has 1 heterocycles. The number of nitrogens with zero attached hydrogens (tertiary/aromatic N) is 1. The molecular weight excluding hydrogens is 284 g/mol. The minimum atomic E-state index is -0.503. The standard InChI is InChI=1S/C18H13F2NO/c19-15-8-6-14(7-9-15)18-17(20)10-16(11-21-18)22-12-13-4-2-1-3-5-13/h1-11H,12H2. The summed E-state index contributed by atoms with van der Waals surface area (Å²) in [6.45, 7) is 0.345. The highest BCUT2D eigenvalue weighted by molar-refractivity contribution is 5.60. The van der Waals surface area contributed by atoms with Gasteiger partial charge in [0.25, 0.3) is 0 Å². The van der Waals surface area contributed by atoms with Crippen molar-refractivity contribution >= 4 is 0 Å². The SMILES string of the molecule is Fc1ccc(-c2ncc(OCc3ccccc3)cc2F)cc1. The number of pyridine rings is 1. The lowest BCUT2D eigenvalue weighted by Crippen LogP contribution is -1.97. The molecule has 0 amide bonds. The topological polar surface area (TPSA) is 22.1 Å². The van der Waals surface area contributed by atoms with E-state index in [-0.39, 0.29) is 11.5 Å². The first-order valence-electron chi connectivity index (χ1n) is 6.80. The number of hydrogen-bond acceptors (Lipinski definition) is 2. The molecule has 0 aliphatic carbocycles. The van der Waals surface area contributed by atoms with Crippen molar-refractivity contribution in [2.75, 3.05) is 0 Å². The maximum Gasteiger partial charge on any atom is 0.153 e. The van der Waals surface area contributed by atoms with Crippen molar-refractivity contribution in [3.05, 3.63) is 84.1 Å². The van der Waals surface area contributed by atoms with Gasteiger partial charge in [0.1, 0.15) is 23.9 Å². The highest BCUT2D eigenvalue weighted by atomic mass is 19.1. The maximum absolute atomic E-state index is 14.1. The second kappa shape index (κ2) is 6.35. The van der Waals surface area contributed by atoms with Gasteiger partial charge in [-0.15, -0.1) is 0 Å². The Bertz CT molecular complexity index is 758. The highest BCUT2D eigenvalue weighted by Crippen LogP contribution is 2.24. The predicted octanol–water partition coefficient (Wildman–Crippen LogP) is 4.61. The van der Waals surface area contributed by atoms with Gasteiger partial charge in [-0.05, 0) is 29.8 Å². The van der Waals surface area contributed by atoms with Gasteiger partial charge in [0.2, 0.25) is 0 Å². The van der Waals surface area contributed by atoms with Crippen LogP contribution in [0.4, 0.5) is 8.78 Å². The average Bonchev–Trinajstić information content (AvgIpc) is 2.55. The van der Waals surface area contributed by atoms with Gasteiger partial charge in [-0.1, -0.05) is 30.3 Å². The van der Waals surface area contributed by atoms with Crippen LogP contribution in [0.3, 0.4) is 0 Å². The number of rotatable bonds is 4. The van der Waals surface area contributed by atoms with Crippen molar-refractivity contribution < 1.29 is 13.5 Å². The van der Waals surface area contributed by atoms with Crippen molar-refractivity contribution in [3.8, 4) is 17.0 Å². The second-order valence-corrected chi connectivity index (χ2v) is 4.78. The van der Waals surface area contributed by atoms with Gasteiger partial charge >= 0.3 is 0 Å². The van der Waals surface area contributed by atoms with Gasteiger partial charge in [-0.2, -0.15) is 0 Å². The van der Waals surface area contributed by atoms with Crippen LogP contribution < -0.4 is 4.74 Å². The third-order valence-electron chi connectivity index (χ3n) is 3.18. The number of hydrogen-bond donors (Lipinski definition) is 0. The van der Waals surface area contributed by atoms with Crippen LogP contribution >= 0.6 is 0 Å². The van der Waals surface area contributed by atoms with Gasteiger partial charge in [0, 0.05) is 11.6 Å². The third-order valence-corrected chi connectivity index (χ3v) is 3.18. The smallest absolute Gasteiger partial charge is 0.153 e. The Kier molecular flexibility index (Phi) is 4.10. The zero-order chi connectivity index (χ0) is 15.4. The van der Waals surface area contributed by atoms with E-state index in [1.165, 1.54) is 36.5 Å².